The molecule has 4 aromatic rings. The standard InChI is InChI=1S/C31H31N3O3/c1-2-34-20-23(24-10-6-7-11-27(24)34)18-29-30(36)25-12-13-28(35)26(31(25)37-29)21-33-16-14-32(15-17-33)19-22-8-4-3-5-9-22/h3-13,18,20,35H,2,14-17,19,21H2,1H3/b29-18+. The van der Waals surface area contributed by atoms with Crippen LogP contribution >= 0.6 is 0 Å². The Bertz CT molecular complexity index is 1480. The maximum absolute atomic E-state index is 13.3. The van der Waals surface area contributed by atoms with Gasteiger partial charge in [0.2, 0.25) is 5.78 Å². The number of aryl methyl sites for hydroxylation is 1. The third-order valence-electron chi connectivity index (χ3n) is 7.46. The summed E-state index contributed by atoms with van der Waals surface area (Å²) in [7, 11) is 0. The molecule has 0 unspecified atom stereocenters. The number of phenolic OH excluding ortho intramolecular Hbond substituents is 1. The number of piperazine rings is 1. The zero-order valence-corrected chi connectivity index (χ0v) is 21.1. The van der Waals surface area contributed by atoms with E-state index in [-0.39, 0.29) is 11.5 Å². The molecule has 0 spiro atoms. The smallest absolute Gasteiger partial charge is 0.231 e. The van der Waals surface area contributed by atoms with Gasteiger partial charge in [-0.05, 0) is 36.8 Å². The largest absolute Gasteiger partial charge is 0.507 e. The summed E-state index contributed by atoms with van der Waals surface area (Å²) in [4.78, 5) is 18.1. The van der Waals surface area contributed by atoms with Crippen molar-refractivity contribution in [2.45, 2.75) is 26.6 Å². The maximum atomic E-state index is 13.3. The summed E-state index contributed by atoms with van der Waals surface area (Å²) in [5.74, 6) is 0.815. The van der Waals surface area contributed by atoms with Crippen LogP contribution in [0.4, 0.5) is 0 Å². The quantitative estimate of drug-likeness (QED) is 0.370. The van der Waals surface area contributed by atoms with Crippen LogP contribution < -0.4 is 4.74 Å². The van der Waals surface area contributed by atoms with E-state index in [0.29, 0.717) is 29.2 Å². The van der Waals surface area contributed by atoms with Gasteiger partial charge >= 0.3 is 0 Å². The van der Waals surface area contributed by atoms with Crippen molar-refractivity contribution >= 4 is 22.8 Å². The molecule has 1 fully saturated rings. The van der Waals surface area contributed by atoms with Crippen LogP contribution in [-0.2, 0) is 19.6 Å². The number of hydrogen-bond donors (Lipinski definition) is 1. The second kappa shape index (κ2) is 9.88. The van der Waals surface area contributed by atoms with Gasteiger partial charge in [0, 0.05) is 68.5 Å². The van der Waals surface area contributed by atoms with Crippen molar-refractivity contribution in [1.29, 1.82) is 0 Å². The Morgan fingerprint density at radius 3 is 2.35 bits per heavy atom. The molecule has 188 valence electrons. The van der Waals surface area contributed by atoms with E-state index in [0.717, 1.165) is 55.7 Å². The number of rotatable bonds is 6. The van der Waals surface area contributed by atoms with Crippen molar-refractivity contribution in [3.63, 3.8) is 0 Å². The maximum Gasteiger partial charge on any atom is 0.231 e. The van der Waals surface area contributed by atoms with Gasteiger partial charge in [-0.2, -0.15) is 0 Å². The van der Waals surface area contributed by atoms with Crippen molar-refractivity contribution < 1.29 is 14.6 Å². The second-order valence-corrected chi connectivity index (χ2v) is 9.81. The van der Waals surface area contributed by atoms with Crippen molar-refractivity contribution in [3.05, 3.63) is 101 Å². The highest BCUT2D eigenvalue weighted by Crippen LogP contribution is 2.40. The molecule has 3 aromatic carbocycles. The van der Waals surface area contributed by atoms with Crippen LogP contribution in [0.5, 0.6) is 11.5 Å². The minimum absolute atomic E-state index is 0.141. The molecule has 0 amide bonds. The third kappa shape index (κ3) is 4.54. The molecule has 6 nitrogen and oxygen atoms in total. The fourth-order valence-electron chi connectivity index (χ4n) is 5.41. The zero-order chi connectivity index (χ0) is 25.4. The molecule has 0 radical (unpaired) electrons. The SMILES string of the molecule is CCn1cc(/C=C2/Oc3c(ccc(O)c3CN3CCN(Cc4ccccc4)CC3)C2=O)c2ccccc21. The Morgan fingerprint density at radius 2 is 1.59 bits per heavy atom. The molecule has 1 saturated heterocycles. The molecule has 0 bridgehead atoms. The van der Waals surface area contributed by atoms with Crippen molar-refractivity contribution in [2.24, 2.45) is 0 Å². The molecule has 2 aliphatic rings. The average molecular weight is 494 g/mol. The molecule has 0 saturated carbocycles. The van der Waals surface area contributed by atoms with E-state index in [9.17, 15) is 9.90 Å². The van der Waals surface area contributed by atoms with Gasteiger partial charge in [0.1, 0.15) is 11.5 Å². The summed E-state index contributed by atoms with van der Waals surface area (Å²) >= 11 is 0. The molecular formula is C31H31N3O3. The topological polar surface area (TPSA) is 57.9 Å². The lowest BCUT2D eigenvalue weighted by Crippen LogP contribution is -2.45. The fourth-order valence-corrected chi connectivity index (χ4v) is 5.41. The van der Waals surface area contributed by atoms with Crippen molar-refractivity contribution in [3.8, 4) is 11.5 Å². The third-order valence-corrected chi connectivity index (χ3v) is 7.46. The highest BCUT2D eigenvalue weighted by atomic mass is 16.5. The second-order valence-electron chi connectivity index (χ2n) is 9.81. The van der Waals surface area contributed by atoms with Gasteiger partial charge in [-0.3, -0.25) is 14.6 Å². The van der Waals surface area contributed by atoms with Crippen LogP contribution in [0, 0.1) is 0 Å². The predicted molar refractivity (Wildman–Crippen MR) is 146 cm³/mol. The Balaban J connectivity index is 1.20. The number of ketones is 1. The number of hydrogen-bond acceptors (Lipinski definition) is 5. The Hall–Kier alpha value is -3.87. The lowest BCUT2D eigenvalue weighted by atomic mass is 10.0. The Labute approximate surface area is 217 Å². The van der Waals surface area contributed by atoms with Crippen LogP contribution in [0.15, 0.2) is 78.7 Å². The van der Waals surface area contributed by atoms with Gasteiger partial charge in [0.25, 0.3) is 0 Å². The number of benzene rings is 3. The number of ether oxygens (including phenoxy) is 1. The summed E-state index contributed by atoms with van der Waals surface area (Å²) in [6.07, 6.45) is 3.89. The Morgan fingerprint density at radius 1 is 0.892 bits per heavy atom. The van der Waals surface area contributed by atoms with Crippen molar-refractivity contribution in [2.75, 3.05) is 26.2 Å². The number of allylic oxidation sites excluding steroid dienone is 1. The molecule has 3 heterocycles. The number of Topliss-reactive ketones (excluding diaryl/α,β-unsaturated/α-hetero) is 1. The number of phenols is 1. The summed E-state index contributed by atoms with van der Waals surface area (Å²) in [5.41, 5.74) is 4.60. The lowest BCUT2D eigenvalue weighted by Gasteiger charge is -2.35. The molecule has 37 heavy (non-hydrogen) atoms. The number of aromatic nitrogens is 1. The first-order valence-electron chi connectivity index (χ1n) is 13.0. The van der Waals surface area contributed by atoms with E-state index >= 15 is 0 Å². The zero-order valence-electron chi connectivity index (χ0n) is 21.1. The first kappa shape index (κ1) is 23.5. The summed E-state index contributed by atoms with van der Waals surface area (Å²) in [6.45, 7) is 8.13. The number of fused-ring (bicyclic) bond motifs is 2. The van der Waals surface area contributed by atoms with Gasteiger partial charge < -0.3 is 14.4 Å². The molecule has 2 aliphatic heterocycles. The van der Waals surface area contributed by atoms with E-state index in [4.69, 9.17) is 4.74 Å². The molecule has 6 heteroatoms. The van der Waals surface area contributed by atoms with Crippen LogP contribution in [0.1, 0.15) is 34.0 Å². The van der Waals surface area contributed by atoms with Crippen LogP contribution in [-0.4, -0.2) is 51.4 Å². The van der Waals surface area contributed by atoms with E-state index in [1.807, 2.05) is 24.3 Å². The fraction of sp³-hybridized carbons (Fsp3) is 0.258. The molecular weight excluding hydrogens is 462 g/mol. The number of nitrogens with zero attached hydrogens (tertiary/aromatic N) is 3. The number of aromatic hydroxyl groups is 1. The van der Waals surface area contributed by atoms with Gasteiger partial charge in [-0.1, -0.05) is 48.5 Å². The number of carbonyl (C=O) groups is 1. The molecule has 1 N–H and O–H groups in total. The molecule has 0 aliphatic carbocycles. The van der Waals surface area contributed by atoms with Gasteiger partial charge in [0.15, 0.2) is 5.76 Å². The van der Waals surface area contributed by atoms with Gasteiger partial charge in [-0.15, -0.1) is 0 Å². The monoisotopic (exact) mass is 493 g/mol. The molecule has 1 aromatic heterocycles. The molecule has 6 rings (SSSR count). The first-order valence-corrected chi connectivity index (χ1v) is 13.0. The van der Waals surface area contributed by atoms with E-state index in [1.165, 1.54) is 5.56 Å². The number of para-hydroxylation sites is 1. The van der Waals surface area contributed by atoms with Crippen LogP contribution in [0.2, 0.25) is 0 Å². The van der Waals surface area contributed by atoms with E-state index in [2.05, 4.69) is 63.9 Å². The van der Waals surface area contributed by atoms with Crippen molar-refractivity contribution in [1.82, 2.24) is 14.4 Å². The Kier molecular flexibility index (Phi) is 6.28. The average Bonchev–Trinajstić information content (AvgIpc) is 3.45. The summed E-state index contributed by atoms with van der Waals surface area (Å²) < 4.78 is 8.34. The summed E-state index contributed by atoms with van der Waals surface area (Å²) in [5, 5.41) is 11.8. The molecule has 0 atom stereocenters. The van der Waals surface area contributed by atoms with E-state index in [1.54, 1.807) is 12.1 Å². The highest BCUT2D eigenvalue weighted by Gasteiger charge is 2.32. The lowest BCUT2D eigenvalue weighted by molar-refractivity contribution is 0.101. The first-order chi connectivity index (χ1) is 18.1. The summed E-state index contributed by atoms with van der Waals surface area (Å²) in [6, 6.07) is 22.0. The van der Waals surface area contributed by atoms with Gasteiger partial charge in [0.05, 0.1) is 11.1 Å². The van der Waals surface area contributed by atoms with Crippen LogP contribution in [0.3, 0.4) is 0 Å². The minimum Gasteiger partial charge on any atom is -0.507 e. The minimum atomic E-state index is -0.141. The highest BCUT2D eigenvalue weighted by molar-refractivity contribution is 6.15. The van der Waals surface area contributed by atoms with Gasteiger partial charge in [-0.25, -0.2) is 0 Å². The predicted octanol–water partition coefficient (Wildman–Crippen LogP) is 5.30. The number of carbonyl (C=O) groups excluding carboxylic acids is 1. The van der Waals surface area contributed by atoms with Crippen LogP contribution in [0.25, 0.3) is 17.0 Å². The van der Waals surface area contributed by atoms with E-state index < -0.39 is 0 Å². The normalized spacial score (nSPS) is 17.4.